The maximum absolute atomic E-state index is 5.93. The van der Waals surface area contributed by atoms with Gasteiger partial charge in [0.1, 0.15) is 5.52 Å². The van der Waals surface area contributed by atoms with E-state index in [1.807, 2.05) is 6.07 Å². The summed E-state index contributed by atoms with van der Waals surface area (Å²) in [6, 6.07) is 43.3. The lowest BCUT2D eigenvalue weighted by molar-refractivity contribution is 0.600. The molecule has 3 heterocycles. The van der Waals surface area contributed by atoms with Crippen molar-refractivity contribution in [2.45, 2.75) is 0 Å². The molecule has 0 fully saturated rings. The Morgan fingerprint density at radius 1 is 0.487 bits per heavy atom. The first-order valence-corrected chi connectivity index (χ1v) is 13.1. The molecule has 0 amide bonds. The van der Waals surface area contributed by atoms with Crippen LogP contribution in [-0.2, 0) is 0 Å². The maximum atomic E-state index is 5.93. The summed E-state index contributed by atoms with van der Waals surface area (Å²) in [6.07, 6.45) is 1.53. The van der Waals surface area contributed by atoms with E-state index in [-0.39, 0.29) is 0 Å². The summed E-state index contributed by atoms with van der Waals surface area (Å²) >= 11 is 0. The summed E-state index contributed by atoms with van der Waals surface area (Å²) in [7, 11) is 0. The van der Waals surface area contributed by atoms with Gasteiger partial charge in [-0.25, -0.2) is 4.98 Å². The minimum absolute atomic E-state index is 0.791. The van der Waals surface area contributed by atoms with E-state index in [2.05, 4.69) is 129 Å². The standard InChI is InChI=1S/C35H21N3O/c1-2-9-22(10-3-1)37-30-15-7-5-12-27(30)33-24-17-18-25-23-11-4-6-14-29(23)38(34(25)26(24)19-20-31(33)37)32-16-8-13-28-35(32)39-21-36-28/h1-21H. The van der Waals surface area contributed by atoms with E-state index in [9.17, 15) is 0 Å². The average Bonchev–Trinajstić information content (AvgIpc) is 3.70. The molecule has 4 heteroatoms. The molecule has 9 aromatic rings. The lowest BCUT2D eigenvalue weighted by Crippen LogP contribution is -1.95. The Balaban J connectivity index is 1.50. The highest BCUT2D eigenvalue weighted by molar-refractivity contribution is 6.28. The van der Waals surface area contributed by atoms with Crippen molar-refractivity contribution in [3.8, 4) is 11.4 Å². The molecule has 0 bridgehead atoms. The minimum Gasteiger partial charge on any atom is -0.441 e. The summed E-state index contributed by atoms with van der Waals surface area (Å²) in [5, 5.41) is 7.41. The molecule has 39 heavy (non-hydrogen) atoms. The smallest absolute Gasteiger partial charge is 0.182 e. The molecule has 182 valence electrons. The van der Waals surface area contributed by atoms with E-state index in [1.54, 1.807) is 0 Å². The zero-order valence-corrected chi connectivity index (χ0v) is 20.9. The van der Waals surface area contributed by atoms with Crippen LogP contribution in [0.25, 0.3) is 76.9 Å². The van der Waals surface area contributed by atoms with Gasteiger partial charge in [0, 0.05) is 32.6 Å². The lowest BCUT2D eigenvalue weighted by atomic mass is 10.0. The van der Waals surface area contributed by atoms with Crippen molar-refractivity contribution in [3.63, 3.8) is 0 Å². The van der Waals surface area contributed by atoms with Crippen LogP contribution in [0.5, 0.6) is 0 Å². The molecule has 3 aromatic heterocycles. The SMILES string of the molecule is c1ccc(-n2c3ccccc3c3c4ccc5c6ccccc6n(-c6cccc7ncoc67)c5c4ccc32)cc1. The van der Waals surface area contributed by atoms with Crippen molar-refractivity contribution in [2.75, 3.05) is 0 Å². The van der Waals surface area contributed by atoms with Gasteiger partial charge in [0.2, 0.25) is 0 Å². The van der Waals surface area contributed by atoms with Gasteiger partial charge in [0.05, 0.1) is 27.8 Å². The first kappa shape index (κ1) is 20.7. The number of fused-ring (bicyclic) bond motifs is 10. The molecule has 0 aliphatic rings. The topological polar surface area (TPSA) is 35.9 Å². The van der Waals surface area contributed by atoms with Gasteiger partial charge in [-0.15, -0.1) is 0 Å². The molecule has 0 N–H and O–H groups in total. The number of hydrogen-bond acceptors (Lipinski definition) is 2. The molecular formula is C35H21N3O. The summed E-state index contributed by atoms with van der Waals surface area (Å²) in [5.74, 6) is 0. The van der Waals surface area contributed by atoms with Crippen LogP contribution in [0.2, 0.25) is 0 Å². The molecule has 0 saturated carbocycles. The zero-order valence-electron chi connectivity index (χ0n) is 20.9. The highest BCUT2D eigenvalue weighted by Crippen LogP contribution is 2.42. The fourth-order valence-corrected chi connectivity index (χ4v) is 6.49. The third kappa shape index (κ3) is 2.70. The third-order valence-corrected chi connectivity index (χ3v) is 8.06. The van der Waals surface area contributed by atoms with E-state index in [4.69, 9.17) is 4.42 Å². The van der Waals surface area contributed by atoms with E-state index >= 15 is 0 Å². The largest absolute Gasteiger partial charge is 0.441 e. The summed E-state index contributed by atoms with van der Waals surface area (Å²) in [5.41, 5.74) is 8.54. The van der Waals surface area contributed by atoms with Crippen molar-refractivity contribution < 1.29 is 4.42 Å². The Morgan fingerprint density at radius 2 is 1.18 bits per heavy atom. The lowest BCUT2D eigenvalue weighted by Gasteiger charge is -2.11. The average molecular weight is 500 g/mol. The Kier molecular flexibility index (Phi) is 4.02. The molecule has 0 unspecified atom stereocenters. The third-order valence-electron chi connectivity index (χ3n) is 8.06. The van der Waals surface area contributed by atoms with Gasteiger partial charge >= 0.3 is 0 Å². The van der Waals surface area contributed by atoms with Gasteiger partial charge in [-0.05, 0) is 47.9 Å². The maximum Gasteiger partial charge on any atom is 0.182 e. The Hall–Kier alpha value is -5.35. The van der Waals surface area contributed by atoms with Gasteiger partial charge in [-0.1, -0.05) is 78.9 Å². The van der Waals surface area contributed by atoms with E-state index in [0.717, 1.165) is 28.0 Å². The van der Waals surface area contributed by atoms with Crippen LogP contribution in [0.15, 0.2) is 132 Å². The second-order valence-corrected chi connectivity index (χ2v) is 10.0. The predicted octanol–water partition coefficient (Wildman–Crippen LogP) is 9.18. The summed E-state index contributed by atoms with van der Waals surface area (Å²) < 4.78 is 10.7. The number of para-hydroxylation sites is 4. The van der Waals surface area contributed by atoms with E-state index < -0.39 is 0 Å². The van der Waals surface area contributed by atoms with Gasteiger partial charge in [-0.2, -0.15) is 0 Å². The normalized spacial score (nSPS) is 12.1. The quantitative estimate of drug-likeness (QED) is 0.238. The van der Waals surface area contributed by atoms with Gasteiger partial charge in [0.15, 0.2) is 12.0 Å². The number of nitrogens with zero attached hydrogens (tertiary/aromatic N) is 3. The molecule has 0 radical (unpaired) electrons. The number of benzene rings is 6. The van der Waals surface area contributed by atoms with Crippen molar-refractivity contribution in [1.29, 1.82) is 0 Å². The predicted molar refractivity (Wildman–Crippen MR) is 160 cm³/mol. The number of rotatable bonds is 2. The van der Waals surface area contributed by atoms with Gasteiger partial charge in [-0.3, -0.25) is 0 Å². The van der Waals surface area contributed by atoms with E-state index in [0.29, 0.717) is 0 Å². The van der Waals surface area contributed by atoms with Crippen molar-refractivity contribution >= 4 is 65.5 Å². The van der Waals surface area contributed by atoms with Gasteiger partial charge in [0.25, 0.3) is 0 Å². The second kappa shape index (κ2) is 7.59. The van der Waals surface area contributed by atoms with Crippen LogP contribution in [0.4, 0.5) is 0 Å². The molecule has 0 saturated heterocycles. The molecular weight excluding hydrogens is 478 g/mol. The van der Waals surface area contributed by atoms with Crippen molar-refractivity contribution in [2.24, 2.45) is 0 Å². The Bertz CT molecular complexity index is 2390. The Labute approximate surface area is 222 Å². The molecule has 0 atom stereocenters. The number of oxazole rings is 1. The summed E-state index contributed by atoms with van der Waals surface area (Å²) in [6.45, 7) is 0. The second-order valence-electron chi connectivity index (χ2n) is 10.0. The molecule has 9 rings (SSSR count). The fourth-order valence-electron chi connectivity index (χ4n) is 6.49. The molecule has 0 spiro atoms. The van der Waals surface area contributed by atoms with E-state index in [1.165, 1.54) is 55.3 Å². The van der Waals surface area contributed by atoms with Crippen LogP contribution in [0, 0.1) is 0 Å². The minimum atomic E-state index is 0.791. The molecule has 0 aliphatic carbocycles. The number of aromatic nitrogens is 3. The van der Waals surface area contributed by atoms with Crippen LogP contribution in [-0.4, -0.2) is 14.1 Å². The van der Waals surface area contributed by atoms with Crippen LogP contribution >= 0.6 is 0 Å². The summed E-state index contributed by atoms with van der Waals surface area (Å²) in [4.78, 5) is 4.44. The highest BCUT2D eigenvalue weighted by Gasteiger charge is 2.20. The molecule has 6 aromatic carbocycles. The zero-order chi connectivity index (χ0) is 25.5. The van der Waals surface area contributed by atoms with Crippen LogP contribution in [0.3, 0.4) is 0 Å². The van der Waals surface area contributed by atoms with Crippen molar-refractivity contribution in [3.05, 3.63) is 128 Å². The number of hydrogen-bond donors (Lipinski definition) is 0. The van der Waals surface area contributed by atoms with Crippen LogP contribution in [0.1, 0.15) is 0 Å². The molecule has 4 nitrogen and oxygen atoms in total. The first-order valence-electron chi connectivity index (χ1n) is 13.1. The molecule has 0 aliphatic heterocycles. The van der Waals surface area contributed by atoms with Crippen LogP contribution < -0.4 is 0 Å². The first-order chi connectivity index (χ1) is 19.4. The monoisotopic (exact) mass is 499 g/mol. The van der Waals surface area contributed by atoms with Gasteiger partial charge < -0.3 is 13.6 Å². The highest BCUT2D eigenvalue weighted by atomic mass is 16.3. The Morgan fingerprint density at radius 3 is 2.05 bits per heavy atom. The van der Waals surface area contributed by atoms with Crippen molar-refractivity contribution in [1.82, 2.24) is 14.1 Å². The fraction of sp³-hybridized carbons (Fsp3) is 0.